The zero-order chi connectivity index (χ0) is 12.4. The molecule has 8 heteroatoms. The molecule has 17 heavy (non-hydrogen) atoms. The lowest BCUT2D eigenvalue weighted by Gasteiger charge is -2.01. The van der Waals surface area contributed by atoms with Gasteiger partial charge in [-0.05, 0) is 13.8 Å². The fraction of sp³-hybridized carbons (Fsp3) is 0.333. The molecule has 0 aromatic carbocycles. The number of esters is 1. The third kappa shape index (κ3) is 2.11. The van der Waals surface area contributed by atoms with Crippen LogP contribution in [0.4, 0.5) is 5.82 Å². The van der Waals surface area contributed by atoms with Gasteiger partial charge < -0.3 is 10.5 Å². The van der Waals surface area contributed by atoms with Gasteiger partial charge in [0.05, 0.1) is 6.61 Å². The van der Waals surface area contributed by atoms with Gasteiger partial charge in [-0.3, -0.25) is 4.57 Å². The molecular weight excluding hydrogens is 242 g/mol. The van der Waals surface area contributed by atoms with Crippen LogP contribution in [0, 0.1) is 6.92 Å². The van der Waals surface area contributed by atoms with Gasteiger partial charge >= 0.3 is 5.97 Å². The summed E-state index contributed by atoms with van der Waals surface area (Å²) in [6, 6.07) is 0. The molecule has 0 saturated heterocycles. The van der Waals surface area contributed by atoms with Crippen LogP contribution in [0.15, 0.2) is 6.33 Å². The quantitative estimate of drug-likeness (QED) is 0.812. The lowest BCUT2D eigenvalue weighted by atomic mass is 10.4. The van der Waals surface area contributed by atoms with E-state index in [9.17, 15) is 4.79 Å². The van der Waals surface area contributed by atoms with Gasteiger partial charge in [-0.1, -0.05) is 11.3 Å². The number of ether oxygens (including phenoxy) is 1. The maximum atomic E-state index is 11.5. The average Bonchev–Trinajstić information content (AvgIpc) is 2.85. The minimum Gasteiger partial charge on any atom is -0.461 e. The molecule has 2 N–H and O–H groups in total. The van der Waals surface area contributed by atoms with Crippen molar-refractivity contribution in [2.45, 2.75) is 13.8 Å². The molecule has 2 aromatic heterocycles. The number of hydrogen-bond donors (Lipinski definition) is 1. The van der Waals surface area contributed by atoms with E-state index >= 15 is 0 Å². The molecule has 0 atom stereocenters. The largest absolute Gasteiger partial charge is 0.461 e. The summed E-state index contributed by atoms with van der Waals surface area (Å²) in [5, 5.41) is 9.18. The number of nitrogen functional groups attached to an aromatic ring is 1. The Hall–Kier alpha value is -1.96. The zero-order valence-electron chi connectivity index (χ0n) is 9.38. The fourth-order valence-corrected chi connectivity index (χ4v) is 1.92. The summed E-state index contributed by atoms with van der Waals surface area (Å²) in [6.07, 6.45) is 1.43. The van der Waals surface area contributed by atoms with Crippen molar-refractivity contribution in [1.82, 2.24) is 19.7 Å². The van der Waals surface area contributed by atoms with Crippen molar-refractivity contribution < 1.29 is 9.53 Å². The zero-order valence-corrected chi connectivity index (χ0v) is 10.2. The Kier molecular flexibility index (Phi) is 3.05. The van der Waals surface area contributed by atoms with E-state index in [-0.39, 0.29) is 18.1 Å². The monoisotopic (exact) mass is 253 g/mol. The van der Waals surface area contributed by atoms with Gasteiger partial charge in [-0.15, -0.1) is 10.2 Å². The number of nitrogens with two attached hydrogens (primary N) is 1. The number of carbonyl (C=O) groups is 1. The summed E-state index contributed by atoms with van der Waals surface area (Å²) in [6.45, 7) is 3.84. The van der Waals surface area contributed by atoms with Crippen LogP contribution in [0.25, 0.3) is 5.13 Å². The first-order valence-electron chi connectivity index (χ1n) is 4.94. The number of aryl methyl sites for hydroxylation is 1. The van der Waals surface area contributed by atoms with Gasteiger partial charge in [0.1, 0.15) is 17.2 Å². The molecule has 7 nitrogen and oxygen atoms in total. The molecule has 0 unspecified atom stereocenters. The minimum atomic E-state index is -0.537. The highest BCUT2D eigenvalue weighted by Crippen LogP contribution is 2.20. The van der Waals surface area contributed by atoms with Crippen LogP contribution in [0.2, 0.25) is 0 Å². The van der Waals surface area contributed by atoms with Gasteiger partial charge in [0, 0.05) is 0 Å². The summed E-state index contributed by atoms with van der Waals surface area (Å²) in [5.74, 6) is -0.329. The van der Waals surface area contributed by atoms with E-state index in [0.29, 0.717) is 5.13 Å². The molecule has 90 valence electrons. The third-order valence-electron chi connectivity index (χ3n) is 1.99. The topological polar surface area (TPSA) is 95.9 Å². The average molecular weight is 253 g/mol. The molecule has 0 radical (unpaired) electrons. The Morgan fingerprint density at radius 3 is 2.94 bits per heavy atom. The SMILES string of the molecule is CCOC(=O)c1ncn(-c2nnc(C)s2)c1N. The van der Waals surface area contributed by atoms with Gasteiger partial charge in [-0.25, -0.2) is 9.78 Å². The van der Waals surface area contributed by atoms with Crippen molar-refractivity contribution in [3.8, 4) is 5.13 Å². The van der Waals surface area contributed by atoms with Gasteiger partial charge in [-0.2, -0.15) is 0 Å². The Morgan fingerprint density at radius 2 is 2.35 bits per heavy atom. The van der Waals surface area contributed by atoms with Crippen LogP contribution in [0.3, 0.4) is 0 Å². The molecule has 0 aliphatic rings. The van der Waals surface area contributed by atoms with Crippen molar-refractivity contribution >= 4 is 23.1 Å². The summed E-state index contributed by atoms with van der Waals surface area (Å²) in [5.41, 5.74) is 5.91. The second kappa shape index (κ2) is 4.50. The van der Waals surface area contributed by atoms with Crippen molar-refractivity contribution in [2.24, 2.45) is 0 Å². The predicted octanol–water partition coefficient (Wildman–Crippen LogP) is 0.791. The van der Waals surface area contributed by atoms with E-state index < -0.39 is 5.97 Å². The molecular formula is C9H11N5O2S. The number of aromatic nitrogens is 4. The van der Waals surface area contributed by atoms with Crippen LogP contribution in [0.5, 0.6) is 0 Å². The predicted molar refractivity (Wildman–Crippen MR) is 62.1 cm³/mol. The number of anilines is 1. The molecule has 0 amide bonds. The van der Waals surface area contributed by atoms with E-state index in [4.69, 9.17) is 10.5 Å². The van der Waals surface area contributed by atoms with Crippen molar-refractivity contribution in [3.05, 3.63) is 17.0 Å². The van der Waals surface area contributed by atoms with Gasteiger partial charge in [0.25, 0.3) is 0 Å². The Labute approximate surface area is 101 Å². The van der Waals surface area contributed by atoms with E-state index in [0.717, 1.165) is 5.01 Å². The van der Waals surface area contributed by atoms with E-state index in [1.165, 1.54) is 22.2 Å². The first-order valence-corrected chi connectivity index (χ1v) is 5.75. The molecule has 0 bridgehead atoms. The van der Waals surface area contributed by atoms with Crippen molar-refractivity contribution in [2.75, 3.05) is 12.3 Å². The van der Waals surface area contributed by atoms with Crippen LogP contribution in [0.1, 0.15) is 22.4 Å². The van der Waals surface area contributed by atoms with Gasteiger partial charge in [0.15, 0.2) is 5.69 Å². The third-order valence-corrected chi connectivity index (χ3v) is 2.83. The lowest BCUT2D eigenvalue weighted by Crippen LogP contribution is -2.09. The maximum absolute atomic E-state index is 11.5. The number of imidazole rings is 1. The highest BCUT2D eigenvalue weighted by molar-refractivity contribution is 7.13. The molecule has 0 saturated carbocycles. The summed E-state index contributed by atoms with van der Waals surface area (Å²) in [4.78, 5) is 15.4. The van der Waals surface area contributed by atoms with Crippen LogP contribution in [-0.2, 0) is 4.74 Å². The van der Waals surface area contributed by atoms with E-state index in [2.05, 4.69) is 15.2 Å². The first-order chi connectivity index (χ1) is 8.13. The normalized spacial score (nSPS) is 10.5. The molecule has 2 heterocycles. The second-order valence-electron chi connectivity index (χ2n) is 3.17. The van der Waals surface area contributed by atoms with Crippen LogP contribution in [-0.4, -0.2) is 32.3 Å². The molecule has 0 spiro atoms. The second-order valence-corrected chi connectivity index (χ2v) is 4.33. The first kappa shape index (κ1) is 11.5. The highest BCUT2D eigenvalue weighted by Gasteiger charge is 2.18. The van der Waals surface area contributed by atoms with Gasteiger partial charge in [0.2, 0.25) is 5.13 Å². The Balaban J connectivity index is 2.36. The summed E-state index contributed by atoms with van der Waals surface area (Å²) in [7, 11) is 0. The summed E-state index contributed by atoms with van der Waals surface area (Å²) < 4.78 is 6.35. The fourth-order valence-electron chi connectivity index (χ4n) is 1.25. The molecule has 2 aromatic rings. The van der Waals surface area contributed by atoms with Crippen LogP contribution < -0.4 is 5.73 Å². The van der Waals surface area contributed by atoms with E-state index in [1.807, 2.05) is 6.92 Å². The number of hydrogen-bond acceptors (Lipinski definition) is 7. The molecule has 0 fully saturated rings. The van der Waals surface area contributed by atoms with Crippen molar-refractivity contribution in [3.63, 3.8) is 0 Å². The number of rotatable bonds is 3. The summed E-state index contributed by atoms with van der Waals surface area (Å²) >= 11 is 1.36. The van der Waals surface area contributed by atoms with Crippen LogP contribution >= 0.6 is 11.3 Å². The standard InChI is InChI=1S/C9H11N5O2S/c1-3-16-8(15)6-7(10)14(4-11-6)9-13-12-5(2)17-9/h4H,3,10H2,1-2H3. The van der Waals surface area contributed by atoms with E-state index in [1.54, 1.807) is 6.92 Å². The lowest BCUT2D eigenvalue weighted by molar-refractivity contribution is 0.0521. The molecule has 0 aliphatic carbocycles. The number of carbonyl (C=O) groups excluding carboxylic acids is 1. The maximum Gasteiger partial charge on any atom is 0.360 e. The smallest absolute Gasteiger partial charge is 0.360 e. The molecule has 2 rings (SSSR count). The molecule has 0 aliphatic heterocycles. The Morgan fingerprint density at radius 1 is 1.59 bits per heavy atom. The number of nitrogens with zero attached hydrogens (tertiary/aromatic N) is 4. The minimum absolute atomic E-state index is 0.0969. The highest BCUT2D eigenvalue weighted by atomic mass is 32.1. The Bertz CT molecular complexity index is 547. The van der Waals surface area contributed by atoms with Crippen molar-refractivity contribution in [1.29, 1.82) is 0 Å².